The molecule has 0 saturated heterocycles. The summed E-state index contributed by atoms with van der Waals surface area (Å²) in [5.41, 5.74) is 0. The van der Waals surface area contributed by atoms with Gasteiger partial charge in [0.05, 0.1) is 10.9 Å². The van der Waals surface area contributed by atoms with Crippen molar-refractivity contribution >= 4 is 33.5 Å². The van der Waals surface area contributed by atoms with E-state index in [2.05, 4.69) is 95.4 Å². The summed E-state index contributed by atoms with van der Waals surface area (Å²) in [6.07, 6.45) is -0.377. The second-order valence-corrected chi connectivity index (χ2v) is 9.93. The van der Waals surface area contributed by atoms with E-state index in [0.717, 1.165) is 11.5 Å². The Morgan fingerprint density at radius 2 is 0.967 bits per heavy atom. The minimum absolute atomic E-state index is 0.157. The molecule has 0 heterocycles. The minimum atomic E-state index is -0.377. The summed E-state index contributed by atoms with van der Waals surface area (Å²) in [7, 11) is -0.157. The lowest BCUT2D eigenvalue weighted by Crippen LogP contribution is -2.19. The summed E-state index contributed by atoms with van der Waals surface area (Å²) in [5, 5.41) is 0. The SMILES string of the molecule is CC(Oc1ccc(I)cc1)Oc1ccc([S+](c2ccccc2)c2ccccc2)cc1. The fraction of sp³-hybridized carbons (Fsp3) is 0.0769. The molecule has 0 spiro atoms. The van der Waals surface area contributed by atoms with Crippen LogP contribution in [0.3, 0.4) is 0 Å². The summed E-state index contributed by atoms with van der Waals surface area (Å²) >= 11 is 2.28. The first-order chi connectivity index (χ1) is 14.7. The average molecular weight is 525 g/mol. The predicted octanol–water partition coefficient (Wildman–Crippen LogP) is 7.19. The highest BCUT2D eigenvalue weighted by molar-refractivity contribution is 14.1. The molecule has 0 amide bonds. The molecule has 30 heavy (non-hydrogen) atoms. The quantitative estimate of drug-likeness (QED) is 0.145. The molecule has 1 atom stereocenters. The zero-order valence-corrected chi connectivity index (χ0v) is 19.5. The minimum Gasteiger partial charge on any atom is -0.455 e. The van der Waals surface area contributed by atoms with Crippen molar-refractivity contribution in [3.05, 3.63) is 113 Å². The Labute approximate surface area is 194 Å². The van der Waals surface area contributed by atoms with Gasteiger partial charge in [-0.3, -0.25) is 0 Å². The first kappa shape index (κ1) is 20.8. The van der Waals surface area contributed by atoms with Crippen molar-refractivity contribution in [2.45, 2.75) is 27.9 Å². The van der Waals surface area contributed by atoms with Crippen LogP contribution < -0.4 is 9.47 Å². The van der Waals surface area contributed by atoms with E-state index in [1.807, 2.05) is 43.3 Å². The van der Waals surface area contributed by atoms with Crippen LogP contribution in [0.2, 0.25) is 0 Å². The summed E-state index contributed by atoms with van der Waals surface area (Å²) < 4.78 is 13.0. The lowest BCUT2D eigenvalue weighted by atomic mass is 10.3. The van der Waals surface area contributed by atoms with Crippen molar-refractivity contribution in [1.29, 1.82) is 0 Å². The third kappa shape index (κ3) is 5.37. The normalized spacial score (nSPS) is 11.8. The first-order valence-corrected chi connectivity index (χ1v) is 12.0. The van der Waals surface area contributed by atoms with Gasteiger partial charge in [0, 0.05) is 10.5 Å². The van der Waals surface area contributed by atoms with Crippen LogP contribution in [0.25, 0.3) is 0 Å². The molecule has 0 aliphatic heterocycles. The van der Waals surface area contributed by atoms with Crippen LogP contribution in [-0.4, -0.2) is 6.29 Å². The Bertz CT molecular complexity index is 1010. The van der Waals surface area contributed by atoms with Crippen LogP contribution in [0.15, 0.2) is 124 Å². The van der Waals surface area contributed by atoms with Gasteiger partial charge in [-0.25, -0.2) is 0 Å². The highest BCUT2D eigenvalue weighted by Crippen LogP contribution is 2.32. The van der Waals surface area contributed by atoms with Crippen LogP contribution in [0.4, 0.5) is 0 Å². The molecule has 2 nitrogen and oxygen atoms in total. The number of rotatable bonds is 7. The molecule has 0 aromatic heterocycles. The monoisotopic (exact) mass is 525 g/mol. The molecule has 0 aliphatic carbocycles. The van der Waals surface area contributed by atoms with Crippen molar-refractivity contribution in [2.24, 2.45) is 0 Å². The van der Waals surface area contributed by atoms with E-state index in [1.165, 1.54) is 18.3 Å². The summed E-state index contributed by atoms with van der Waals surface area (Å²) in [6, 6.07) is 37.6. The average Bonchev–Trinajstić information content (AvgIpc) is 2.78. The van der Waals surface area contributed by atoms with Gasteiger partial charge in [0.2, 0.25) is 6.29 Å². The summed E-state index contributed by atoms with van der Waals surface area (Å²) in [6.45, 7) is 1.91. The Morgan fingerprint density at radius 3 is 1.43 bits per heavy atom. The Morgan fingerprint density at radius 1 is 0.567 bits per heavy atom. The Hall–Kier alpha value is -2.44. The third-order valence-electron chi connectivity index (χ3n) is 4.43. The van der Waals surface area contributed by atoms with Gasteiger partial charge in [0.1, 0.15) is 11.5 Å². The molecule has 4 aromatic rings. The van der Waals surface area contributed by atoms with Gasteiger partial charge in [0.15, 0.2) is 14.7 Å². The molecular formula is C26H22IO2S+. The largest absolute Gasteiger partial charge is 0.455 e. The molecule has 4 heteroatoms. The fourth-order valence-corrected chi connectivity index (χ4v) is 5.54. The smallest absolute Gasteiger partial charge is 0.238 e. The van der Waals surface area contributed by atoms with Gasteiger partial charge in [-0.2, -0.15) is 0 Å². The number of benzene rings is 4. The van der Waals surface area contributed by atoms with Gasteiger partial charge in [-0.05, 0) is 95.4 Å². The van der Waals surface area contributed by atoms with Gasteiger partial charge in [0.25, 0.3) is 0 Å². The predicted molar refractivity (Wildman–Crippen MR) is 131 cm³/mol. The van der Waals surface area contributed by atoms with Crippen LogP contribution in [0.5, 0.6) is 11.5 Å². The summed E-state index contributed by atoms with van der Waals surface area (Å²) in [4.78, 5) is 3.85. The molecule has 0 saturated carbocycles. The first-order valence-electron chi connectivity index (χ1n) is 9.72. The maximum atomic E-state index is 5.97. The second-order valence-electron chi connectivity index (χ2n) is 6.66. The highest BCUT2D eigenvalue weighted by atomic mass is 127. The van der Waals surface area contributed by atoms with Gasteiger partial charge < -0.3 is 9.47 Å². The molecule has 150 valence electrons. The number of ether oxygens (including phenoxy) is 2. The zero-order chi connectivity index (χ0) is 20.8. The molecule has 0 N–H and O–H groups in total. The van der Waals surface area contributed by atoms with E-state index in [9.17, 15) is 0 Å². The Kier molecular flexibility index (Phi) is 6.97. The maximum absolute atomic E-state index is 5.97. The lowest BCUT2D eigenvalue weighted by molar-refractivity contribution is 0.0223. The standard InChI is InChI=1S/C26H22IO2S/c1-20(28-22-14-12-21(27)13-15-22)29-23-16-18-26(19-17-23)30(24-8-4-2-5-9-24)25-10-6-3-7-11-25/h2-20H,1H3/q+1. The van der Waals surface area contributed by atoms with E-state index in [0.29, 0.717) is 0 Å². The van der Waals surface area contributed by atoms with Crippen LogP contribution in [-0.2, 0) is 10.9 Å². The number of hydrogen-bond acceptors (Lipinski definition) is 2. The molecule has 4 aromatic carbocycles. The highest BCUT2D eigenvalue weighted by Gasteiger charge is 2.28. The molecule has 0 fully saturated rings. The van der Waals surface area contributed by atoms with Gasteiger partial charge in [-0.15, -0.1) is 0 Å². The van der Waals surface area contributed by atoms with Crippen LogP contribution in [0.1, 0.15) is 6.92 Å². The van der Waals surface area contributed by atoms with Gasteiger partial charge >= 0.3 is 0 Å². The molecule has 0 aliphatic rings. The van der Waals surface area contributed by atoms with Gasteiger partial charge in [-0.1, -0.05) is 36.4 Å². The zero-order valence-electron chi connectivity index (χ0n) is 16.6. The topological polar surface area (TPSA) is 18.5 Å². The van der Waals surface area contributed by atoms with E-state index in [-0.39, 0.29) is 17.2 Å². The van der Waals surface area contributed by atoms with Crippen molar-refractivity contribution in [3.63, 3.8) is 0 Å². The fourth-order valence-electron chi connectivity index (χ4n) is 3.10. The van der Waals surface area contributed by atoms with E-state index in [1.54, 1.807) is 0 Å². The summed E-state index contributed by atoms with van der Waals surface area (Å²) in [5.74, 6) is 1.59. The second kappa shape index (κ2) is 10.0. The maximum Gasteiger partial charge on any atom is 0.238 e. The third-order valence-corrected chi connectivity index (χ3v) is 7.38. The number of hydrogen-bond donors (Lipinski definition) is 0. The molecule has 4 rings (SSSR count). The lowest BCUT2D eigenvalue weighted by Gasteiger charge is -2.17. The van der Waals surface area contributed by atoms with Crippen molar-refractivity contribution < 1.29 is 9.47 Å². The molecular weight excluding hydrogens is 503 g/mol. The van der Waals surface area contributed by atoms with Crippen LogP contribution in [0, 0.1) is 3.57 Å². The number of halogens is 1. The molecule has 1 unspecified atom stereocenters. The Balaban J connectivity index is 1.51. The van der Waals surface area contributed by atoms with E-state index in [4.69, 9.17) is 9.47 Å². The van der Waals surface area contributed by atoms with Crippen molar-refractivity contribution in [2.75, 3.05) is 0 Å². The molecule has 0 bridgehead atoms. The van der Waals surface area contributed by atoms with E-state index < -0.39 is 0 Å². The van der Waals surface area contributed by atoms with E-state index >= 15 is 0 Å². The van der Waals surface area contributed by atoms with Crippen LogP contribution >= 0.6 is 22.6 Å². The van der Waals surface area contributed by atoms with Crippen molar-refractivity contribution in [3.8, 4) is 11.5 Å². The molecule has 0 radical (unpaired) electrons. The van der Waals surface area contributed by atoms with Crippen molar-refractivity contribution in [1.82, 2.24) is 0 Å².